The van der Waals surface area contributed by atoms with E-state index >= 15 is 0 Å². The molecule has 1 saturated carbocycles. The van der Waals surface area contributed by atoms with Crippen molar-refractivity contribution in [1.29, 1.82) is 5.26 Å². The van der Waals surface area contributed by atoms with Crippen molar-refractivity contribution in [3.63, 3.8) is 0 Å². The number of nitrogens with one attached hydrogen (secondary N) is 1. The van der Waals surface area contributed by atoms with Crippen molar-refractivity contribution >= 4 is 0 Å². The van der Waals surface area contributed by atoms with Crippen LogP contribution in [0, 0.1) is 17.2 Å². The highest BCUT2D eigenvalue weighted by atomic mass is 19.4. The quantitative estimate of drug-likeness (QED) is 0.877. The van der Waals surface area contributed by atoms with Crippen molar-refractivity contribution < 1.29 is 13.2 Å². The second-order valence-electron chi connectivity index (χ2n) is 6.07. The Labute approximate surface area is 129 Å². The van der Waals surface area contributed by atoms with E-state index in [1.165, 1.54) is 6.07 Å². The van der Waals surface area contributed by atoms with E-state index in [0.29, 0.717) is 30.5 Å². The predicted molar refractivity (Wildman–Crippen MR) is 79.0 cm³/mol. The molecule has 22 heavy (non-hydrogen) atoms. The van der Waals surface area contributed by atoms with Gasteiger partial charge in [-0.05, 0) is 42.7 Å². The summed E-state index contributed by atoms with van der Waals surface area (Å²) >= 11 is 0. The van der Waals surface area contributed by atoms with Crippen LogP contribution in [0.1, 0.15) is 43.2 Å². The summed E-state index contributed by atoms with van der Waals surface area (Å²) in [6, 6.07) is 9.31. The summed E-state index contributed by atoms with van der Waals surface area (Å²) < 4.78 is 37.2. The molecule has 0 bridgehead atoms. The van der Waals surface area contributed by atoms with Crippen LogP contribution in [0.5, 0.6) is 0 Å². The molecule has 1 aliphatic rings. The third-order valence-corrected chi connectivity index (χ3v) is 4.22. The Morgan fingerprint density at radius 2 is 1.82 bits per heavy atom. The Morgan fingerprint density at radius 1 is 1.14 bits per heavy atom. The molecule has 0 atom stereocenters. The standard InChI is InChI=1S/C17H21F3N2/c18-17(19,20)11-14-2-1-3-15(10-14)12-22-16-6-4-13(5-7-16)8-9-21/h1-3,10,13,16,22H,4-8,11-12H2. The van der Waals surface area contributed by atoms with Gasteiger partial charge in [-0.3, -0.25) is 0 Å². The average Bonchev–Trinajstić information content (AvgIpc) is 2.45. The molecule has 0 amide bonds. The average molecular weight is 310 g/mol. The summed E-state index contributed by atoms with van der Waals surface area (Å²) in [6.45, 7) is 0.597. The number of rotatable bonds is 5. The number of hydrogen-bond acceptors (Lipinski definition) is 2. The zero-order valence-electron chi connectivity index (χ0n) is 12.5. The van der Waals surface area contributed by atoms with Crippen molar-refractivity contribution in [3.05, 3.63) is 35.4 Å². The van der Waals surface area contributed by atoms with Gasteiger partial charge in [0.25, 0.3) is 0 Å². The third kappa shape index (κ3) is 5.69. The molecule has 0 saturated heterocycles. The fraction of sp³-hybridized carbons (Fsp3) is 0.588. The molecular formula is C17H21F3N2. The lowest BCUT2D eigenvalue weighted by Crippen LogP contribution is -2.32. The molecule has 0 aliphatic heterocycles. The highest BCUT2D eigenvalue weighted by Gasteiger charge is 2.27. The number of benzene rings is 1. The Kier molecular flexibility index (Phi) is 5.84. The first-order valence-corrected chi connectivity index (χ1v) is 7.71. The maximum Gasteiger partial charge on any atom is 0.393 e. The Morgan fingerprint density at radius 3 is 2.45 bits per heavy atom. The Bertz CT molecular complexity index is 511. The van der Waals surface area contributed by atoms with Crippen LogP contribution < -0.4 is 5.32 Å². The fourth-order valence-corrected chi connectivity index (χ4v) is 3.04. The van der Waals surface area contributed by atoms with E-state index < -0.39 is 12.6 Å². The van der Waals surface area contributed by atoms with E-state index in [-0.39, 0.29) is 0 Å². The van der Waals surface area contributed by atoms with Crippen LogP contribution in [-0.2, 0) is 13.0 Å². The minimum atomic E-state index is -4.16. The van der Waals surface area contributed by atoms with E-state index in [2.05, 4.69) is 11.4 Å². The van der Waals surface area contributed by atoms with Crippen LogP contribution in [0.15, 0.2) is 24.3 Å². The largest absolute Gasteiger partial charge is 0.393 e. The molecule has 120 valence electrons. The molecule has 1 N–H and O–H groups in total. The summed E-state index contributed by atoms with van der Waals surface area (Å²) in [5.41, 5.74) is 1.20. The zero-order chi connectivity index (χ0) is 16.0. The van der Waals surface area contributed by atoms with Crippen molar-refractivity contribution in [2.24, 2.45) is 5.92 Å². The van der Waals surface area contributed by atoms with Gasteiger partial charge in [-0.15, -0.1) is 0 Å². The zero-order valence-corrected chi connectivity index (χ0v) is 12.5. The van der Waals surface area contributed by atoms with Crippen molar-refractivity contribution in [1.82, 2.24) is 5.32 Å². The summed E-state index contributed by atoms with van der Waals surface area (Å²) in [7, 11) is 0. The van der Waals surface area contributed by atoms with Crippen molar-refractivity contribution in [2.45, 2.75) is 57.3 Å². The van der Waals surface area contributed by atoms with Crippen LogP contribution in [0.4, 0.5) is 13.2 Å². The second kappa shape index (κ2) is 7.64. The summed E-state index contributed by atoms with van der Waals surface area (Å²) in [5, 5.41) is 12.1. The minimum Gasteiger partial charge on any atom is -0.310 e. The molecule has 0 unspecified atom stereocenters. The predicted octanol–water partition coefficient (Wildman–Crippen LogP) is 4.35. The van der Waals surface area contributed by atoms with Gasteiger partial charge in [0.1, 0.15) is 0 Å². The van der Waals surface area contributed by atoms with E-state index in [1.54, 1.807) is 12.1 Å². The molecule has 1 fully saturated rings. The minimum absolute atomic E-state index is 0.310. The topological polar surface area (TPSA) is 35.8 Å². The number of nitriles is 1. The van der Waals surface area contributed by atoms with Gasteiger partial charge in [-0.1, -0.05) is 24.3 Å². The van der Waals surface area contributed by atoms with E-state index in [1.807, 2.05) is 6.07 Å². The monoisotopic (exact) mass is 310 g/mol. The van der Waals surface area contributed by atoms with Crippen LogP contribution in [-0.4, -0.2) is 12.2 Å². The summed E-state index contributed by atoms with van der Waals surface area (Å²) in [6.07, 6.45) is -0.223. The van der Waals surface area contributed by atoms with Crippen molar-refractivity contribution in [3.8, 4) is 6.07 Å². The molecule has 0 spiro atoms. The number of nitrogens with zero attached hydrogens (tertiary/aromatic N) is 1. The highest BCUT2D eigenvalue weighted by Crippen LogP contribution is 2.27. The summed E-state index contributed by atoms with van der Waals surface area (Å²) in [5.74, 6) is 0.512. The van der Waals surface area contributed by atoms with Gasteiger partial charge < -0.3 is 5.32 Å². The normalized spacial score (nSPS) is 22.3. The van der Waals surface area contributed by atoms with Crippen molar-refractivity contribution in [2.75, 3.05) is 0 Å². The molecule has 1 aromatic rings. The lowest BCUT2D eigenvalue weighted by atomic mass is 9.84. The molecular weight excluding hydrogens is 289 g/mol. The smallest absolute Gasteiger partial charge is 0.310 e. The van der Waals surface area contributed by atoms with E-state index in [4.69, 9.17) is 5.26 Å². The van der Waals surface area contributed by atoms with E-state index in [9.17, 15) is 13.2 Å². The van der Waals surface area contributed by atoms with Gasteiger partial charge in [0.05, 0.1) is 12.5 Å². The maximum atomic E-state index is 12.4. The van der Waals surface area contributed by atoms with Crippen LogP contribution in [0.2, 0.25) is 0 Å². The molecule has 2 nitrogen and oxygen atoms in total. The van der Waals surface area contributed by atoms with Crippen LogP contribution in [0.25, 0.3) is 0 Å². The first-order valence-electron chi connectivity index (χ1n) is 7.71. The molecule has 0 aromatic heterocycles. The third-order valence-electron chi connectivity index (χ3n) is 4.22. The number of hydrogen-bond donors (Lipinski definition) is 1. The second-order valence-corrected chi connectivity index (χ2v) is 6.07. The van der Waals surface area contributed by atoms with Gasteiger partial charge >= 0.3 is 6.18 Å². The maximum absolute atomic E-state index is 12.4. The van der Waals surface area contributed by atoms with Gasteiger partial charge in [0.15, 0.2) is 0 Å². The SMILES string of the molecule is N#CCC1CCC(NCc2cccc(CC(F)(F)F)c2)CC1. The molecule has 5 heteroatoms. The first-order chi connectivity index (χ1) is 10.5. The summed E-state index contributed by atoms with van der Waals surface area (Å²) in [4.78, 5) is 0. The molecule has 0 heterocycles. The number of alkyl halides is 3. The van der Waals surface area contributed by atoms with Gasteiger partial charge in [0.2, 0.25) is 0 Å². The lowest BCUT2D eigenvalue weighted by molar-refractivity contribution is -0.127. The first kappa shape index (κ1) is 16.8. The van der Waals surface area contributed by atoms with Crippen LogP contribution >= 0.6 is 0 Å². The molecule has 0 radical (unpaired) electrons. The molecule has 1 aliphatic carbocycles. The van der Waals surface area contributed by atoms with Gasteiger partial charge in [0, 0.05) is 19.0 Å². The van der Waals surface area contributed by atoms with E-state index in [0.717, 1.165) is 31.2 Å². The van der Waals surface area contributed by atoms with Gasteiger partial charge in [-0.25, -0.2) is 0 Å². The number of halogens is 3. The lowest BCUT2D eigenvalue weighted by Gasteiger charge is -2.28. The molecule has 1 aromatic carbocycles. The van der Waals surface area contributed by atoms with Crippen LogP contribution in [0.3, 0.4) is 0 Å². The van der Waals surface area contributed by atoms with Gasteiger partial charge in [-0.2, -0.15) is 18.4 Å². The Balaban J connectivity index is 1.80. The highest BCUT2D eigenvalue weighted by molar-refractivity contribution is 5.24. The Hall–Kier alpha value is -1.54. The fourth-order valence-electron chi connectivity index (χ4n) is 3.04. The molecule has 2 rings (SSSR count).